The fraction of sp³-hybridized carbons (Fsp3) is 0.905. The minimum Gasteiger partial charge on any atom is -0.457 e. The van der Waals surface area contributed by atoms with Gasteiger partial charge in [-0.2, -0.15) is 0 Å². The summed E-state index contributed by atoms with van der Waals surface area (Å²) in [6.45, 7) is 7.09. The largest absolute Gasteiger partial charge is 0.457 e. The molecule has 25 heavy (non-hydrogen) atoms. The third-order valence-corrected chi connectivity index (χ3v) is 4.64. The number of esters is 2. The van der Waals surface area contributed by atoms with Crippen LogP contribution in [-0.4, -0.2) is 25.2 Å². The summed E-state index contributed by atoms with van der Waals surface area (Å²) in [7, 11) is 0. The molecule has 0 aliphatic heterocycles. The smallest absolute Gasteiger partial charge is 0.417 e. The van der Waals surface area contributed by atoms with Crippen LogP contribution in [0.1, 0.15) is 104 Å². The van der Waals surface area contributed by atoms with E-state index in [1.54, 1.807) is 0 Å². The highest BCUT2D eigenvalue weighted by atomic mass is 16.6. The van der Waals surface area contributed by atoms with Gasteiger partial charge in [-0.05, 0) is 18.8 Å². The van der Waals surface area contributed by atoms with Gasteiger partial charge in [-0.15, -0.1) is 0 Å². The van der Waals surface area contributed by atoms with Gasteiger partial charge in [0.2, 0.25) is 0 Å². The highest BCUT2D eigenvalue weighted by Gasteiger charge is 2.18. The quantitative estimate of drug-likeness (QED) is 0.199. The molecule has 148 valence electrons. The Labute approximate surface area is 155 Å². The Kier molecular flexibility index (Phi) is 17.0. The lowest BCUT2D eigenvalue weighted by Crippen LogP contribution is -2.23. The molecule has 0 aliphatic rings. The Balaban J connectivity index is 3.56. The molecule has 1 atom stereocenters. The van der Waals surface area contributed by atoms with Crippen molar-refractivity contribution in [1.29, 1.82) is 0 Å². The monoisotopic (exact) mass is 356 g/mol. The zero-order chi connectivity index (χ0) is 18.8. The molecule has 0 heterocycles. The number of carbonyl (C=O) groups is 2. The predicted molar refractivity (Wildman–Crippen MR) is 102 cm³/mol. The molecule has 4 heteroatoms. The summed E-state index contributed by atoms with van der Waals surface area (Å²) in [5.74, 6) is -1.34. The van der Waals surface area contributed by atoms with Crippen LogP contribution in [0.5, 0.6) is 0 Å². The first kappa shape index (κ1) is 23.9. The van der Waals surface area contributed by atoms with E-state index in [0.717, 1.165) is 38.5 Å². The van der Waals surface area contributed by atoms with Gasteiger partial charge in [0.25, 0.3) is 0 Å². The average molecular weight is 357 g/mol. The molecule has 0 radical (unpaired) electrons. The molecule has 0 aromatic heterocycles. The molecule has 4 nitrogen and oxygen atoms in total. The molecule has 0 amide bonds. The lowest BCUT2D eigenvalue weighted by molar-refractivity contribution is -0.168. The minimum atomic E-state index is -0.843. The molecule has 0 saturated heterocycles. The van der Waals surface area contributed by atoms with Crippen LogP contribution in [0.15, 0.2) is 0 Å². The third-order valence-electron chi connectivity index (χ3n) is 4.64. The topological polar surface area (TPSA) is 52.6 Å². The van der Waals surface area contributed by atoms with Gasteiger partial charge in [-0.25, -0.2) is 9.59 Å². The molecule has 0 aliphatic carbocycles. The number of unbranched alkanes of at least 4 members (excludes halogenated alkanes) is 9. The van der Waals surface area contributed by atoms with E-state index in [0.29, 0.717) is 19.1 Å². The van der Waals surface area contributed by atoms with Gasteiger partial charge in [-0.1, -0.05) is 91.4 Å². The molecule has 0 fully saturated rings. The first-order valence-electron chi connectivity index (χ1n) is 10.5. The van der Waals surface area contributed by atoms with E-state index in [1.807, 2.05) is 0 Å². The van der Waals surface area contributed by atoms with Crippen LogP contribution < -0.4 is 0 Å². The van der Waals surface area contributed by atoms with E-state index in [-0.39, 0.29) is 0 Å². The zero-order valence-electron chi connectivity index (χ0n) is 16.8. The second kappa shape index (κ2) is 17.8. The maximum Gasteiger partial charge on any atom is 0.417 e. The summed E-state index contributed by atoms with van der Waals surface area (Å²) in [6, 6.07) is 0. The Morgan fingerprint density at radius 1 is 0.680 bits per heavy atom. The Bertz CT molecular complexity index is 328. The van der Waals surface area contributed by atoms with Crippen molar-refractivity contribution < 1.29 is 19.1 Å². The van der Waals surface area contributed by atoms with Crippen molar-refractivity contribution in [3.05, 3.63) is 0 Å². The highest BCUT2D eigenvalue weighted by Crippen LogP contribution is 2.13. The number of carbonyl (C=O) groups excluding carboxylic acids is 2. The van der Waals surface area contributed by atoms with Crippen LogP contribution in [0.25, 0.3) is 0 Å². The zero-order valence-corrected chi connectivity index (χ0v) is 16.8. The maximum atomic E-state index is 11.6. The molecule has 0 rings (SSSR count). The number of rotatable bonds is 16. The molecule has 0 saturated carbocycles. The second-order valence-corrected chi connectivity index (χ2v) is 6.98. The van der Waals surface area contributed by atoms with Crippen molar-refractivity contribution in [1.82, 2.24) is 0 Å². The van der Waals surface area contributed by atoms with E-state index in [4.69, 9.17) is 9.47 Å². The molecule has 0 aromatic rings. The van der Waals surface area contributed by atoms with Gasteiger partial charge >= 0.3 is 11.9 Å². The van der Waals surface area contributed by atoms with E-state index in [1.165, 1.54) is 44.9 Å². The summed E-state index contributed by atoms with van der Waals surface area (Å²) in [5.41, 5.74) is 0. The van der Waals surface area contributed by atoms with Crippen molar-refractivity contribution in [3.8, 4) is 0 Å². The van der Waals surface area contributed by atoms with Gasteiger partial charge in [0.15, 0.2) is 0 Å². The maximum absolute atomic E-state index is 11.6. The average Bonchev–Trinajstić information content (AvgIpc) is 2.63. The van der Waals surface area contributed by atoms with Crippen molar-refractivity contribution >= 4 is 11.9 Å². The van der Waals surface area contributed by atoms with E-state index >= 15 is 0 Å². The fourth-order valence-corrected chi connectivity index (χ4v) is 2.79. The van der Waals surface area contributed by atoms with E-state index in [2.05, 4.69) is 20.8 Å². The van der Waals surface area contributed by atoms with Crippen molar-refractivity contribution in [3.63, 3.8) is 0 Å². The van der Waals surface area contributed by atoms with Crippen LogP contribution in [0.3, 0.4) is 0 Å². The molecule has 0 aromatic carbocycles. The number of hydrogen-bond acceptors (Lipinski definition) is 4. The minimum absolute atomic E-state index is 0.316. The highest BCUT2D eigenvalue weighted by molar-refractivity contribution is 6.29. The third kappa shape index (κ3) is 14.9. The predicted octanol–water partition coefficient (Wildman–Crippen LogP) is 5.82. The van der Waals surface area contributed by atoms with Gasteiger partial charge in [0, 0.05) is 0 Å². The van der Waals surface area contributed by atoms with Crippen LogP contribution in [0, 0.1) is 5.92 Å². The van der Waals surface area contributed by atoms with Gasteiger partial charge in [-0.3, -0.25) is 0 Å². The normalized spacial score (nSPS) is 12.0. The molecule has 0 bridgehead atoms. The van der Waals surface area contributed by atoms with Gasteiger partial charge < -0.3 is 9.47 Å². The van der Waals surface area contributed by atoms with Crippen molar-refractivity contribution in [2.24, 2.45) is 5.92 Å². The fourth-order valence-electron chi connectivity index (χ4n) is 2.79. The van der Waals surface area contributed by atoms with Crippen molar-refractivity contribution in [2.75, 3.05) is 13.2 Å². The van der Waals surface area contributed by atoms with Crippen LogP contribution in [0.2, 0.25) is 0 Å². The second-order valence-electron chi connectivity index (χ2n) is 6.98. The van der Waals surface area contributed by atoms with Crippen LogP contribution in [-0.2, 0) is 19.1 Å². The summed E-state index contributed by atoms with van der Waals surface area (Å²) in [5, 5.41) is 0. The lowest BCUT2D eigenvalue weighted by atomic mass is 10.0. The van der Waals surface area contributed by atoms with Gasteiger partial charge in [0.1, 0.15) is 0 Å². The first-order valence-corrected chi connectivity index (χ1v) is 10.5. The summed E-state index contributed by atoms with van der Waals surface area (Å²) < 4.78 is 10.1. The Hall–Kier alpha value is -1.06. The summed E-state index contributed by atoms with van der Waals surface area (Å²) in [6.07, 6.45) is 15.1. The SMILES string of the molecule is CCCCCCCCCCCOC(=O)C(=O)OCC(CC)CCCC. The number of ether oxygens (including phenoxy) is 2. The summed E-state index contributed by atoms with van der Waals surface area (Å²) >= 11 is 0. The van der Waals surface area contributed by atoms with E-state index < -0.39 is 11.9 Å². The Morgan fingerprint density at radius 3 is 1.76 bits per heavy atom. The lowest BCUT2D eigenvalue weighted by Gasteiger charge is -2.14. The molecular weight excluding hydrogens is 316 g/mol. The summed E-state index contributed by atoms with van der Waals surface area (Å²) in [4.78, 5) is 23.2. The molecule has 0 spiro atoms. The molecular formula is C21H40O4. The van der Waals surface area contributed by atoms with E-state index in [9.17, 15) is 9.59 Å². The van der Waals surface area contributed by atoms with Crippen LogP contribution in [0.4, 0.5) is 0 Å². The van der Waals surface area contributed by atoms with Gasteiger partial charge in [0.05, 0.1) is 13.2 Å². The Morgan fingerprint density at radius 2 is 1.20 bits per heavy atom. The molecule has 1 unspecified atom stereocenters. The first-order chi connectivity index (χ1) is 12.2. The van der Waals surface area contributed by atoms with Crippen LogP contribution >= 0.6 is 0 Å². The standard InChI is InChI=1S/C21H40O4/c1-4-7-9-10-11-12-13-14-15-17-24-20(22)21(23)25-18-19(6-3)16-8-5-2/h19H,4-18H2,1-3H3. The number of hydrogen-bond donors (Lipinski definition) is 0. The molecule has 0 N–H and O–H groups in total. The van der Waals surface area contributed by atoms with Crippen molar-refractivity contribution in [2.45, 2.75) is 104 Å².